The third-order valence-electron chi connectivity index (χ3n) is 5.88. The zero-order chi connectivity index (χ0) is 24.5. The Morgan fingerprint density at radius 1 is 1.14 bits per heavy atom. The summed E-state index contributed by atoms with van der Waals surface area (Å²) in [6, 6.07) is 15.0. The van der Waals surface area contributed by atoms with Crippen LogP contribution in [0.3, 0.4) is 0 Å². The maximum absolute atomic E-state index is 12.4. The molecule has 1 aliphatic rings. The van der Waals surface area contributed by atoms with Crippen LogP contribution in [0.25, 0.3) is 0 Å². The number of β-amino-alcohol motifs (C(OH)–C–C–N with tert-alkyl or cyclic N) is 1. The van der Waals surface area contributed by atoms with E-state index in [1.54, 1.807) is 36.7 Å². The largest absolute Gasteiger partial charge is 0.484 e. The van der Waals surface area contributed by atoms with E-state index >= 15 is 0 Å². The van der Waals surface area contributed by atoms with Crippen molar-refractivity contribution in [2.75, 3.05) is 32.8 Å². The third kappa shape index (κ3) is 7.40. The number of hydrogen-bond acceptors (Lipinski definition) is 6. The van der Waals surface area contributed by atoms with Crippen molar-refractivity contribution in [1.82, 2.24) is 25.5 Å². The molecule has 9 heteroatoms. The van der Waals surface area contributed by atoms with Crippen molar-refractivity contribution in [3.8, 4) is 5.75 Å². The van der Waals surface area contributed by atoms with Crippen LogP contribution in [-0.2, 0) is 24.2 Å². The number of ether oxygens (including phenoxy) is 1. The summed E-state index contributed by atoms with van der Waals surface area (Å²) in [5.41, 5.74) is 3.09. The topological polar surface area (TPSA) is 120 Å². The van der Waals surface area contributed by atoms with Gasteiger partial charge in [-0.3, -0.25) is 14.5 Å². The fraction of sp³-hybridized carbons (Fsp3) is 0.346. The Morgan fingerprint density at radius 2 is 2.00 bits per heavy atom. The number of rotatable bonds is 11. The average Bonchev–Trinajstić information content (AvgIpc) is 3.40. The molecule has 1 aliphatic heterocycles. The summed E-state index contributed by atoms with van der Waals surface area (Å²) in [7, 11) is 0. The summed E-state index contributed by atoms with van der Waals surface area (Å²) >= 11 is 0. The van der Waals surface area contributed by atoms with E-state index in [-0.39, 0.29) is 25.0 Å². The first-order chi connectivity index (χ1) is 17.1. The van der Waals surface area contributed by atoms with Gasteiger partial charge in [-0.1, -0.05) is 30.3 Å². The molecular formula is C26H31N5O4. The molecule has 0 spiro atoms. The highest BCUT2D eigenvalue weighted by Crippen LogP contribution is 2.18. The quantitative estimate of drug-likeness (QED) is 0.331. The lowest BCUT2D eigenvalue weighted by Gasteiger charge is -2.30. The fourth-order valence-corrected chi connectivity index (χ4v) is 4.06. The Labute approximate surface area is 204 Å². The number of aromatic amines is 1. The van der Waals surface area contributed by atoms with Gasteiger partial charge < -0.3 is 25.5 Å². The van der Waals surface area contributed by atoms with Gasteiger partial charge in [0, 0.05) is 57.1 Å². The van der Waals surface area contributed by atoms with Gasteiger partial charge in [0.05, 0.1) is 6.10 Å². The van der Waals surface area contributed by atoms with Crippen molar-refractivity contribution in [3.05, 3.63) is 83.4 Å². The van der Waals surface area contributed by atoms with Crippen LogP contribution >= 0.6 is 0 Å². The standard InChI is InChI=1S/C26H31N5O4/c32-22(17-31-13-9-19-4-1-2-5-21(19)16-31)15-30-25(33)18-35-23-7-3-6-20(14-23)26(34)29-10-8-24-27-11-12-28-24/h1-7,11-12,14,22,32H,8-10,13,15-18H2,(H,27,28)(H,29,34)(H,30,33). The number of nitrogens with zero attached hydrogens (tertiary/aromatic N) is 2. The summed E-state index contributed by atoms with van der Waals surface area (Å²) in [5, 5.41) is 15.9. The molecule has 1 aromatic heterocycles. The number of carbonyl (C=O) groups excluding carboxylic acids is 2. The van der Waals surface area contributed by atoms with Gasteiger partial charge in [-0.25, -0.2) is 4.98 Å². The van der Waals surface area contributed by atoms with Crippen LogP contribution in [-0.4, -0.2) is 70.7 Å². The summed E-state index contributed by atoms with van der Waals surface area (Å²) < 4.78 is 5.54. The monoisotopic (exact) mass is 477 g/mol. The maximum Gasteiger partial charge on any atom is 0.258 e. The first-order valence-corrected chi connectivity index (χ1v) is 11.8. The molecule has 4 rings (SSSR count). The number of benzene rings is 2. The second-order valence-corrected chi connectivity index (χ2v) is 8.57. The van der Waals surface area contributed by atoms with E-state index in [4.69, 9.17) is 4.74 Å². The van der Waals surface area contributed by atoms with Gasteiger partial charge in [-0.05, 0) is 35.7 Å². The lowest BCUT2D eigenvalue weighted by atomic mass is 10.00. The van der Waals surface area contributed by atoms with Gasteiger partial charge >= 0.3 is 0 Å². The molecule has 1 unspecified atom stereocenters. The number of imidazole rings is 1. The van der Waals surface area contributed by atoms with E-state index in [0.717, 1.165) is 25.3 Å². The molecule has 4 N–H and O–H groups in total. The molecule has 9 nitrogen and oxygen atoms in total. The van der Waals surface area contributed by atoms with Gasteiger partial charge in [0.15, 0.2) is 6.61 Å². The van der Waals surface area contributed by atoms with E-state index in [0.29, 0.717) is 30.8 Å². The number of aromatic nitrogens is 2. The van der Waals surface area contributed by atoms with Crippen molar-refractivity contribution in [3.63, 3.8) is 0 Å². The number of H-pyrrole nitrogens is 1. The Hall–Kier alpha value is -3.69. The molecule has 0 saturated heterocycles. The zero-order valence-electron chi connectivity index (χ0n) is 19.6. The third-order valence-corrected chi connectivity index (χ3v) is 5.88. The molecule has 1 atom stereocenters. The summed E-state index contributed by atoms with van der Waals surface area (Å²) in [5.74, 6) is 0.669. The van der Waals surface area contributed by atoms with Gasteiger partial charge in [0.2, 0.25) is 0 Å². The summed E-state index contributed by atoms with van der Waals surface area (Å²) in [6.45, 7) is 2.58. The van der Waals surface area contributed by atoms with Crippen LogP contribution in [0.1, 0.15) is 27.3 Å². The van der Waals surface area contributed by atoms with Crippen LogP contribution in [0.5, 0.6) is 5.75 Å². The van der Waals surface area contributed by atoms with Crippen molar-refractivity contribution in [2.24, 2.45) is 0 Å². The first kappa shape index (κ1) is 24.4. The highest BCUT2D eigenvalue weighted by atomic mass is 16.5. The van der Waals surface area contributed by atoms with Gasteiger partial charge in [-0.2, -0.15) is 0 Å². The van der Waals surface area contributed by atoms with E-state index < -0.39 is 6.10 Å². The number of fused-ring (bicyclic) bond motifs is 1. The minimum Gasteiger partial charge on any atom is -0.484 e. The highest BCUT2D eigenvalue weighted by Gasteiger charge is 2.19. The molecule has 2 aromatic carbocycles. The Kier molecular flexibility index (Phi) is 8.48. The van der Waals surface area contributed by atoms with E-state index in [2.05, 4.69) is 43.7 Å². The molecule has 0 radical (unpaired) electrons. The van der Waals surface area contributed by atoms with Gasteiger partial charge in [-0.15, -0.1) is 0 Å². The fourth-order valence-electron chi connectivity index (χ4n) is 4.06. The van der Waals surface area contributed by atoms with E-state index in [1.807, 2.05) is 6.07 Å². The number of nitrogens with one attached hydrogen (secondary N) is 3. The first-order valence-electron chi connectivity index (χ1n) is 11.8. The number of hydrogen-bond donors (Lipinski definition) is 4. The van der Waals surface area contributed by atoms with Crippen molar-refractivity contribution >= 4 is 11.8 Å². The SMILES string of the molecule is O=C(COc1cccc(C(=O)NCCc2ncc[nH]2)c1)NCC(O)CN1CCc2ccccc2C1. The molecule has 2 amide bonds. The number of aliphatic hydroxyl groups excluding tert-OH is 1. The summed E-state index contributed by atoms with van der Waals surface area (Å²) in [6.07, 6.45) is 4.30. The Bertz CT molecular complexity index is 1120. The van der Waals surface area contributed by atoms with Crippen molar-refractivity contribution in [2.45, 2.75) is 25.5 Å². The van der Waals surface area contributed by atoms with Crippen LogP contribution in [0.4, 0.5) is 0 Å². The molecule has 0 bridgehead atoms. The minimum atomic E-state index is -0.669. The Morgan fingerprint density at radius 3 is 2.83 bits per heavy atom. The second-order valence-electron chi connectivity index (χ2n) is 8.57. The molecule has 184 valence electrons. The Balaban J connectivity index is 1.15. The zero-order valence-corrected chi connectivity index (χ0v) is 19.6. The maximum atomic E-state index is 12.4. The normalized spacial score (nSPS) is 14.1. The van der Waals surface area contributed by atoms with E-state index in [1.165, 1.54) is 11.1 Å². The molecule has 0 saturated carbocycles. The average molecular weight is 478 g/mol. The highest BCUT2D eigenvalue weighted by molar-refractivity contribution is 5.94. The summed E-state index contributed by atoms with van der Waals surface area (Å²) in [4.78, 5) is 33.9. The van der Waals surface area contributed by atoms with E-state index in [9.17, 15) is 14.7 Å². The number of carbonyl (C=O) groups is 2. The molecule has 0 aliphatic carbocycles. The minimum absolute atomic E-state index is 0.151. The predicted molar refractivity (Wildman–Crippen MR) is 131 cm³/mol. The molecule has 0 fully saturated rings. The van der Waals surface area contributed by atoms with Crippen molar-refractivity contribution in [1.29, 1.82) is 0 Å². The second kappa shape index (κ2) is 12.1. The lowest BCUT2D eigenvalue weighted by molar-refractivity contribution is -0.123. The molecular weight excluding hydrogens is 446 g/mol. The van der Waals surface area contributed by atoms with Gasteiger partial charge in [0.1, 0.15) is 11.6 Å². The number of amides is 2. The lowest BCUT2D eigenvalue weighted by Crippen LogP contribution is -2.42. The smallest absolute Gasteiger partial charge is 0.258 e. The predicted octanol–water partition coefficient (Wildman–Crippen LogP) is 1.30. The van der Waals surface area contributed by atoms with Crippen LogP contribution in [0.15, 0.2) is 60.9 Å². The number of aliphatic hydroxyl groups is 1. The van der Waals surface area contributed by atoms with Gasteiger partial charge in [0.25, 0.3) is 11.8 Å². The van der Waals surface area contributed by atoms with Crippen LogP contribution in [0.2, 0.25) is 0 Å². The van der Waals surface area contributed by atoms with Crippen molar-refractivity contribution < 1.29 is 19.4 Å². The van der Waals surface area contributed by atoms with Crippen LogP contribution in [0, 0.1) is 0 Å². The molecule has 2 heterocycles. The molecule has 35 heavy (non-hydrogen) atoms. The van der Waals surface area contributed by atoms with Crippen LogP contribution < -0.4 is 15.4 Å². The molecule has 3 aromatic rings.